The molecule has 0 bridgehead atoms. The highest BCUT2D eigenvalue weighted by Gasteiger charge is 2.40. The van der Waals surface area contributed by atoms with Crippen molar-refractivity contribution in [2.75, 3.05) is 0 Å². The van der Waals surface area contributed by atoms with Gasteiger partial charge in [-0.1, -0.05) is 217 Å². The zero-order valence-electron chi connectivity index (χ0n) is 53.2. The van der Waals surface area contributed by atoms with Crippen LogP contribution in [0.3, 0.4) is 0 Å². The number of fused-ring (bicyclic) bond motifs is 22. The molecular formula is C89H63N5. The van der Waals surface area contributed by atoms with E-state index in [1.807, 2.05) is 0 Å². The number of rotatable bonds is 6. The molecule has 17 aromatic rings. The largest absolute Gasteiger partial charge is 0.309 e. The smallest absolute Gasteiger partial charge is 0.160 e. The molecule has 4 aromatic heterocycles. The average molecular weight is 1200 g/mol. The summed E-state index contributed by atoms with van der Waals surface area (Å²) in [5, 5.41) is 8.70. The van der Waals surface area contributed by atoms with Gasteiger partial charge in [-0.2, -0.15) is 0 Å². The van der Waals surface area contributed by atoms with E-state index < -0.39 is 0 Å². The van der Waals surface area contributed by atoms with Gasteiger partial charge in [0.15, 0.2) is 5.82 Å². The van der Waals surface area contributed by atoms with Crippen molar-refractivity contribution in [3.8, 4) is 84.2 Å². The molecule has 0 saturated carbocycles. The van der Waals surface area contributed by atoms with Crippen LogP contribution < -0.4 is 0 Å². The maximum atomic E-state index is 5.63. The van der Waals surface area contributed by atoms with Crippen molar-refractivity contribution in [3.05, 3.63) is 306 Å². The first-order chi connectivity index (χ1) is 45.9. The van der Waals surface area contributed by atoms with E-state index in [1.165, 1.54) is 132 Å². The molecule has 5 heteroatoms. The van der Waals surface area contributed by atoms with Gasteiger partial charge in [0.05, 0.1) is 44.3 Å². The Hall–Kier alpha value is -11.4. The lowest BCUT2D eigenvalue weighted by Gasteiger charge is -2.21. The molecule has 444 valence electrons. The van der Waals surface area contributed by atoms with Gasteiger partial charge in [-0.05, 0) is 175 Å². The maximum absolute atomic E-state index is 5.63. The summed E-state index contributed by atoms with van der Waals surface area (Å²) in [5.41, 5.74) is 32.5. The second-order valence-corrected chi connectivity index (χ2v) is 28.0. The number of para-hydroxylation sites is 3. The van der Waals surface area contributed by atoms with E-state index in [-0.39, 0.29) is 16.2 Å². The summed E-state index contributed by atoms with van der Waals surface area (Å²) in [5.74, 6) is 0.678. The Morgan fingerprint density at radius 1 is 0.255 bits per heavy atom. The minimum absolute atomic E-state index is 0.0881. The normalized spacial score (nSPS) is 14.5. The molecule has 20 rings (SSSR count). The van der Waals surface area contributed by atoms with Crippen molar-refractivity contribution >= 4 is 76.3 Å². The first-order valence-corrected chi connectivity index (χ1v) is 33.1. The van der Waals surface area contributed by atoms with Crippen LogP contribution in [0.15, 0.2) is 273 Å². The summed E-state index contributed by atoms with van der Waals surface area (Å²) in [4.78, 5) is 11.1. The van der Waals surface area contributed by atoms with E-state index in [0.717, 1.165) is 55.9 Å². The summed E-state index contributed by atoms with van der Waals surface area (Å²) in [6.45, 7) is 14.2. The molecular weight excluding hydrogens is 1140 g/mol. The molecule has 4 heterocycles. The Labute approximate surface area is 545 Å². The highest BCUT2D eigenvalue weighted by Crippen LogP contribution is 2.57. The fourth-order valence-electron chi connectivity index (χ4n) is 17.6. The fourth-order valence-corrected chi connectivity index (χ4v) is 17.6. The van der Waals surface area contributed by atoms with Gasteiger partial charge in [0.25, 0.3) is 0 Å². The van der Waals surface area contributed by atoms with E-state index in [2.05, 4.69) is 328 Å². The summed E-state index contributed by atoms with van der Waals surface area (Å²) in [7, 11) is 0. The van der Waals surface area contributed by atoms with Crippen molar-refractivity contribution < 1.29 is 0 Å². The van der Waals surface area contributed by atoms with Crippen LogP contribution in [0.2, 0.25) is 0 Å². The molecule has 0 radical (unpaired) electrons. The van der Waals surface area contributed by atoms with E-state index in [9.17, 15) is 0 Å². The molecule has 0 amide bonds. The zero-order chi connectivity index (χ0) is 62.7. The molecule has 0 spiro atoms. The molecule has 3 aliphatic carbocycles. The fraction of sp³-hybridized carbons (Fsp3) is 0.101. The van der Waals surface area contributed by atoms with Gasteiger partial charge >= 0.3 is 0 Å². The summed E-state index contributed by atoms with van der Waals surface area (Å²) >= 11 is 0. The minimum atomic E-state index is -0.103. The lowest BCUT2D eigenvalue weighted by atomic mass is 9.82. The van der Waals surface area contributed by atoms with E-state index in [4.69, 9.17) is 9.97 Å². The Morgan fingerprint density at radius 3 is 1.00 bits per heavy atom. The standard InChI is InChI=1S/C89H63N5/c1-87(2)66-25-13-7-19-59(66)79-69(87)44-48-76-82(79)62-22-10-16-28-73(62)92(76)56-38-31-52(32-39-56)55-37-47-72-65(51-55)85(53-33-40-57(41-34-53)93-74-29-17-11-23-63(74)83-77(93)49-45-70-80(83)60-20-8-14-26-67(60)88(70,3)4)91-86(90-72)54-35-42-58(43-36-54)94-75-30-18-12-24-64(75)84-78(94)50-46-71-81(84)61-21-9-15-27-68(61)89(71,5)6/h7-51H,1-6H3. The molecule has 0 unspecified atom stereocenters. The van der Waals surface area contributed by atoms with Crippen molar-refractivity contribution in [3.63, 3.8) is 0 Å². The van der Waals surface area contributed by atoms with Crippen molar-refractivity contribution in [2.45, 2.75) is 57.8 Å². The average Bonchev–Trinajstić information content (AvgIpc) is 1.56. The van der Waals surface area contributed by atoms with Crippen molar-refractivity contribution in [1.82, 2.24) is 23.7 Å². The van der Waals surface area contributed by atoms with Gasteiger partial charge in [0, 0.05) is 82.1 Å². The van der Waals surface area contributed by atoms with Crippen LogP contribution in [0, 0.1) is 0 Å². The number of hydrogen-bond donors (Lipinski definition) is 0. The van der Waals surface area contributed by atoms with Crippen LogP contribution in [0.5, 0.6) is 0 Å². The number of benzene rings is 13. The van der Waals surface area contributed by atoms with Crippen molar-refractivity contribution in [1.29, 1.82) is 0 Å². The van der Waals surface area contributed by atoms with Gasteiger partial charge < -0.3 is 13.7 Å². The second-order valence-electron chi connectivity index (χ2n) is 28.0. The van der Waals surface area contributed by atoms with Crippen LogP contribution in [0.25, 0.3) is 161 Å². The molecule has 94 heavy (non-hydrogen) atoms. The van der Waals surface area contributed by atoms with Crippen LogP contribution >= 0.6 is 0 Å². The van der Waals surface area contributed by atoms with Gasteiger partial charge in [0.1, 0.15) is 0 Å². The number of nitrogens with zero attached hydrogens (tertiary/aromatic N) is 5. The van der Waals surface area contributed by atoms with Crippen LogP contribution in [-0.2, 0) is 16.2 Å². The Bertz CT molecular complexity index is 6160. The third-order valence-corrected chi connectivity index (χ3v) is 22.1. The maximum Gasteiger partial charge on any atom is 0.160 e. The first-order valence-electron chi connectivity index (χ1n) is 33.1. The van der Waals surface area contributed by atoms with E-state index >= 15 is 0 Å². The summed E-state index contributed by atoms with van der Waals surface area (Å²) in [6.07, 6.45) is 0. The van der Waals surface area contributed by atoms with Crippen LogP contribution in [0.4, 0.5) is 0 Å². The predicted octanol–water partition coefficient (Wildman–Crippen LogP) is 22.8. The Kier molecular flexibility index (Phi) is 10.7. The van der Waals surface area contributed by atoms with E-state index in [1.54, 1.807) is 0 Å². The molecule has 0 N–H and O–H groups in total. The lowest BCUT2D eigenvalue weighted by molar-refractivity contribution is 0.660. The van der Waals surface area contributed by atoms with Gasteiger partial charge in [-0.3, -0.25) is 0 Å². The first kappa shape index (κ1) is 53.3. The highest BCUT2D eigenvalue weighted by atomic mass is 15.0. The number of hydrogen-bond acceptors (Lipinski definition) is 2. The third-order valence-electron chi connectivity index (χ3n) is 22.1. The molecule has 0 atom stereocenters. The quantitative estimate of drug-likeness (QED) is 0.166. The number of aromatic nitrogens is 5. The molecule has 5 nitrogen and oxygen atoms in total. The molecule has 13 aromatic carbocycles. The SMILES string of the molecule is CC1(C)c2ccccc2-c2c1ccc1c2c2ccccc2n1-c1ccc(-c2ccc3nc(-c4ccc(-n5c6ccccc6c6c7c(ccc65)C(C)(C)c5ccccc5-7)cc4)nc(-c4ccc(-n5c6ccccc6c6c7c(ccc65)C(C)(C)c5ccccc5-7)cc4)c3c2)cc1. The molecule has 0 saturated heterocycles. The van der Waals surface area contributed by atoms with Crippen molar-refractivity contribution in [2.24, 2.45) is 0 Å². The topological polar surface area (TPSA) is 40.6 Å². The molecule has 3 aliphatic rings. The second kappa shape index (κ2) is 18.9. The van der Waals surface area contributed by atoms with Gasteiger partial charge in [0.2, 0.25) is 0 Å². The summed E-state index contributed by atoms with van der Waals surface area (Å²) in [6, 6.07) is 102. The van der Waals surface area contributed by atoms with Crippen LogP contribution in [0.1, 0.15) is 74.9 Å². The predicted molar refractivity (Wildman–Crippen MR) is 392 cm³/mol. The third kappa shape index (κ3) is 7.08. The van der Waals surface area contributed by atoms with Crippen LogP contribution in [-0.4, -0.2) is 23.7 Å². The van der Waals surface area contributed by atoms with E-state index in [0.29, 0.717) is 5.82 Å². The zero-order valence-corrected chi connectivity index (χ0v) is 53.2. The Morgan fingerprint density at radius 2 is 0.596 bits per heavy atom. The molecule has 0 aliphatic heterocycles. The van der Waals surface area contributed by atoms with Gasteiger partial charge in [-0.15, -0.1) is 0 Å². The lowest BCUT2D eigenvalue weighted by Crippen LogP contribution is -2.14. The Balaban J connectivity index is 0.724. The molecule has 0 fully saturated rings. The summed E-state index contributed by atoms with van der Waals surface area (Å²) < 4.78 is 7.33. The monoisotopic (exact) mass is 1200 g/mol. The minimum Gasteiger partial charge on any atom is -0.309 e. The highest BCUT2D eigenvalue weighted by molar-refractivity contribution is 6.21. The van der Waals surface area contributed by atoms with Gasteiger partial charge in [-0.25, -0.2) is 9.97 Å².